The maximum Gasteiger partial charge on any atom is 0.163 e. The molecule has 6 rings (SSSR count). The predicted molar refractivity (Wildman–Crippen MR) is 143 cm³/mol. The minimum atomic E-state index is -0.254. The number of anilines is 2. The van der Waals surface area contributed by atoms with Crippen molar-refractivity contribution in [1.82, 2.24) is 4.98 Å². The number of para-hydroxylation sites is 3. The van der Waals surface area contributed by atoms with Crippen LogP contribution in [0.4, 0.5) is 11.4 Å². The molecule has 0 spiro atoms. The highest BCUT2D eigenvalue weighted by atomic mass is 16.5. The van der Waals surface area contributed by atoms with Crippen LogP contribution >= 0.6 is 0 Å². The second-order valence-electron chi connectivity index (χ2n) is 9.30. The third-order valence-corrected chi connectivity index (χ3v) is 7.20. The number of aromatic amines is 1. The highest BCUT2D eigenvalue weighted by Gasteiger charge is 2.37. The van der Waals surface area contributed by atoms with Crippen LogP contribution in [-0.2, 0) is 4.79 Å². The van der Waals surface area contributed by atoms with Crippen LogP contribution in [0.5, 0.6) is 11.5 Å². The molecule has 6 nitrogen and oxygen atoms in total. The summed E-state index contributed by atoms with van der Waals surface area (Å²) in [4.78, 5) is 17.3. The summed E-state index contributed by atoms with van der Waals surface area (Å²) in [7, 11) is 1.65. The van der Waals surface area contributed by atoms with Gasteiger partial charge in [-0.05, 0) is 55.2 Å². The molecule has 0 saturated carbocycles. The number of allylic oxidation sites excluding steroid dienone is 1. The number of aromatic nitrogens is 1. The molecule has 2 aliphatic rings. The Labute approximate surface area is 210 Å². The zero-order valence-corrected chi connectivity index (χ0v) is 20.4. The van der Waals surface area contributed by atoms with Crippen molar-refractivity contribution in [2.45, 2.75) is 31.7 Å². The largest absolute Gasteiger partial charge is 0.493 e. The Morgan fingerprint density at radius 3 is 2.58 bits per heavy atom. The Balaban J connectivity index is 1.44. The first-order valence-electron chi connectivity index (χ1n) is 12.4. The number of H-pyrrole nitrogens is 1. The quantitative estimate of drug-likeness (QED) is 0.302. The molecule has 6 heteroatoms. The zero-order valence-electron chi connectivity index (χ0n) is 20.4. The molecule has 2 unspecified atom stereocenters. The predicted octanol–water partition coefficient (Wildman–Crippen LogP) is 6.55. The molecule has 2 heterocycles. The van der Waals surface area contributed by atoms with Gasteiger partial charge < -0.3 is 25.1 Å². The van der Waals surface area contributed by atoms with Gasteiger partial charge in [-0.1, -0.05) is 36.4 Å². The Kier molecular flexibility index (Phi) is 5.64. The Bertz CT molecular complexity index is 1490. The molecule has 0 amide bonds. The number of benzene rings is 3. The van der Waals surface area contributed by atoms with Crippen LogP contribution in [0.25, 0.3) is 10.9 Å². The summed E-state index contributed by atoms with van der Waals surface area (Å²) in [6.07, 6.45) is 3.19. The molecular weight excluding hydrogens is 450 g/mol. The lowest BCUT2D eigenvalue weighted by Crippen LogP contribution is -2.26. The van der Waals surface area contributed by atoms with Crippen LogP contribution in [0.15, 0.2) is 84.2 Å². The molecule has 36 heavy (non-hydrogen) atoms. The smallest absolute Gasteiger partial charge is 0.163 e. The number of nitrogens with one attached hydrogen (secondary N) is 3. The summed E-state index contributed by atoms with van der Waals surface area (Å²) in [5.74, 6) is 1.61. The van der Waals surface area contributed by atoms with Crippen LogP contribution < -0.4 is 20.1 Å². The van der Waals surface area contributed by atoms with E-state index in [1.54, 1.807) is 7.11 Å². The van der Waals surface area contributed by atoms with Gasteiger partial charge in [-0.25, -0.2) is 0 Å². The first-order valence-corrected chi connectivity index (χ1v) is 12.4. The Morgan fingerprint density at radius 1 is 0.944 bits per heavy atom. The number of carbonyl (C=O) groups excluding carboxylic acids is 1. The molecule has 3 N–H and O–H groups in total. The van der Waals surface area contributed by atoms with Gasteiger partial charge in [0.1, 0.15) is 0 Å². The highest BCUT2D eigenvalue weighted by Crippen LogP contribution is 2.46. The number of Topliss-reactive ketones (excluding diaryl/α,β-unsaturated/α-hetero) is 1. The van der Waals surface area contributed by atoms with Crippen LogP contribution in [0.2, 0.25) is 0 Å². The van der Waals surface area contributed by atoms with E-state index in [-0.39, 0.29) is 17.7 Å². The maximum absolute atomic E-state index is 13.9. The van der Waals surface area contributed by atoms with E-state index >= 15 is 0 Å². The number of carbonyl (C=O) groups is 1. The fraction of sp³-hybridized carbons (Fsp3) is 0.233. The van der Waals surface area contributed by atoms with Gasteiger partial charge in [0, 0.05) is 40.4 Å². The molecule has 3 aromatic carbocycles. The van der Waals surface area contributed by atoms with Gasteiger partial charge in [0.2, 0.25) is 0 Å². The van der Waals surface area contributed by atoms with Gasteiger partial charge in [0.05, 0.1) is 31.1 Å². The van der Waals surface area contributed by atoms with Gasteiger partial charge in [0.25, 0.3) is 0 Å². The Morgan fingerprint density at radius 2 is 1.75 bits per heavy atom. The first-order chi connectivity index (χ1) is 17.7. The highest BCUT2D eigenvalue weighted by molar-refractivity contribution is 6.02. The maximum atomic E-state index is 13.9. The normalized spacial score (nSPS) is 19.1. The number of methoxy groups -OCH3 is 1. The van der Waals surface area contributed by atoms with E-state index in [1.165, 1.54) is 0 Å². The number of ketones is 1. The van der Waals surface area contributed by atoms with Crippen LogP contribution in [0.1, 0.15) is 42.9 Å². The van der Waals surface area contributed by atoms with Gasteiger partial charge >= 0.3 is 0 Å². The van der Waals surface area contributed by atoms with E-state index in [4.69, 9.17) is 9.47 Å². The average molecular weight is 480 g/mol. The second kappa shape index (κ2) is 9.11. The second-order valence-corrected chi connectivity index (χ2v) is 9.30. The summed E-state index contributed by atoms with van der Waals surface area (Å²) < 4.78 is 11.3. The van der Waals surface area contributed by atoms with E-state index in [0.29, 0.717) is 18.8 Å². The van der Waals surface area contributed by atoms with Gasteiger partial charge in [-0.15, -0.1) is 0 Å². The number of rotatable bonds is 5. The van der Waals surface area contributed by atoms with Crippen molar-refractivity contribution in [1.29, 1.82) is 0 Å². The molecule has 0 radical (unpaired) electrons. The van der Waals surface area contributed by atoms with Crippen molar-refractivity contribution >= 4 is 28.1 Å². The third kappa shape index (κ3) is 3.79. The lowest BCUT2D eigenvalue weighted by Gasteiger charge is -2.30. The van der Waals surface area contributed by atoms with Crippen molar-refractivity contribution in [3.05, 3.63) is 95.3 Å². The van der Waals surface area contributed by atoms with Gasteiger partial charge in [-0.3, -0.25) is 4.79 Å². The molecule has 2 atom stereocenters. The van der Waals surface area contributed by atoms with Crippen molar-refractivity contribution in [3.8, 4) is 11.5 Å². The summed E-state index contributed by atoms with van der Waals surface area (Å²) in [5, 5.41) is 8.42. The minimum absolute atomic E-state index is 0.0437. The summed E-state index contributed by atoms with van der Waals surface area (Å²) in [6.45, 7) is 2.52. The van der Waals surface area contributed by atoms with Crippen LogP contribution in [-0.4, -0.2) is 24.5 Å². The summed E-state index contributed by atoms with van der Waals surface area (Å²) in [6, 6.07) is 22.1. The fourth-order valence-electron chi connectivity index (χ4n) is 5.51. The fourth-order valence-corrected chi connectivity index (χ4v) is 5.51. The number of hydrogen-bond acceptors (Lipinski definition) is 5. The monoisotopic (exact) mass is 479 g/mol. The van der Waals surface area contributed by atoms with Crippen LogP contribution in [0, 0.1) is 0 Å². The average Bonchev–Trinajstić information content (AvgIpc) is 3.25. The molecular formula is C30H29N3O3. The lowest BCUT2D eigenvalue weighted by atomic mass is 9.78. The van der Waals surface area contributed by atoms with Crippen molar-refractivity contribution < 1.29 is 14.3 Å². The number of fused-ring (bicyclic) bond motifs is 2. The van der Waals surface area contributed by atoms with Crippen molar-refractivity contribution in [2.24, 2.45) is 0 Å². The minimum Gasteiger partial charge on any atom is -0.493 e. The van der Waals surface area contributed by atoms with Gasteiger partial charge in [-0.2, -0.15) is 0 Å². The van der Waals surface area contributed by atoms with E-state index in [2.05, 4.69) is 45.9 Å². The molecule has 0 saturated heterocycles. The zero-order chi connectivity index (χ0) is 24.6. The summed E-state index contributed by atoms with van der Waals surface area (Å²) in [5.41, 5.74) is 6.95. The first kappa shape index (κ1) is 22.3. The van der Waals surface area contributed by atoms with Crippen molar-refractivity contribution in [3.63, 3.8) is 0 Å². The molecule has 1 aliphatic heterocycles. The Hall–Kier alpha value is -4.19. The molecule has 1 aliphatic carbocycles. The summed E-state index contributed by atoms with van der Waals surface area (Å²) >= 11 is 0. The van der Waals surface area contributed by atoms with Gasteiger partial charge in [0.15, 0.2) is 17.3 Å². The SMILES string of the molecule is CCOc1ccc(C2CC(=O)C3=C(C2)Nc2ccccc2NC3c2c[nH]c3ccccc23)cc1OC. The third-order valence-electron chi connectivity index (χ3n) is 7.20. The molecule has 1 aromatic heterocycles. The number of ether oxygens (including phenoxy) is 2. The molecule has 182 valence electrons. The number of hydrogen-bond donors (Lipinski definition) is 3. The molecule has 4 aromatic rings. The molecule has 0 bridgehead atoms. The van der Waals surface area contributed by atoms with E-state index < -0.39 is 0 Å². The van der Waals surface area contributed by atoms with E-state index in [1.807, 2.05) is 49.5 Å². The lowest BCUT2D eigenvalue weighted by molar-refractivity contribution is -0.116. The van der Waals surface area contributed by atoms with E-state index in [9.17, 15) is 4.79 Å². The van der Waals surface area contributed by atoms with Crippen LogP contribution in [0.3, 0.4) is 0 Å². The van der Waals surface area contributed by atoms with Crippen molar-refractivity contribution in [2.75, 3.05) is 24.4 Å². The van der Waals surface area contributed by atoms with E-state index in [0.717, 1.165) is 56.8 Å². The standard InChI is InChI=1S/C30H29N3O3/c1-3-36-27-13-12-18(16-28(27)35-2)19-14-25-29(26(34)15-19)30(33-24-11-7-6-10-23(24)32-25)21-17-31-22-9-5-4-8-20(21)22/h4-13,16-17,19,30-33H,3,14-15H2,1-2H3. The topological polar surface area (TPSA) is 75.4 Å². The molecule has 0 fully saturated rings.